The number of primary sulfonamides is 1. The summed E-state index contributed by atoms with van der Waals surface area (Å²) in [6, 6.07) is 5.29. The fourth-order valence-corrected chi connectivity index (χ4v) is 5.29. The van der Waals surface area contributed by atoms with Crippen LogP contribution in [-0.4, -0.2) is 25.9 Å². The number of piperidine rings is 1. The molecule has 1 aliphatic rings. The summed E-state index contributed by atoms with van der Waals surface area (Å²) in [6.45, 7) is 2.81. The molecule has 2 aromatic rings. The maximum absolute atomic E-state index is 12.7. The maximum Gasteiger partial charge on any atom is 0.322 e. The molecule has 6 nitrogen and oxygen atoms in total. The molecule has 2 atom stereocenters. The van der Waals surface area contributed by atoms with Gasteiger partial charge in [0.2, 0.25) is 10.0 Å². The van der Waals surface area contributed by atoms with Crippen LogP contribution in [0.15, 0.2) is 33.2 Å². The lowest BCUT2D eigenvalue weighted by atomic mass is 9.93. The third-order valence-electron chi connectivity index (χ3n) is 4.06. The van der Waals surface area contributed by atoms with Gasteiger partial charge in [0.25, 0.3) is 0 Å². The van der Waals surface area contributed by atoms with Crippen LogP contribution < -0.4 is 10.5 Å². The van der Waals surface area contributed by atoms with Crippen molar-refractivity contribution in [3.05, 3.63) is 33.8 Å². The van der Waals surface area contributed by atoms with Crippen molar-refractivity contribution in [1.29, 1.82) is 0 Å². The number of nitrogens with two attached hydrogens (primary N) is 1. The summed E-state index contributed by atoms with van der Waals surface area (Å²) in [7, 11) is -3.74. The van der Waals surface area contributed by atoms with E-state index in [-0.39, 0.29) is 16.3 Å². The Morgan fingerprint density at radius 2 is 2.17 bits per heavy atom. The molecule has 2 amide bonds. The van der Waals surface area contributed by atoms with Crippen LogP contribution in [0.4, 0.5) is 10.5 Å². The van der Waals surface area contributed by atoms with Crippen LogP contribution in [0.3, 0.4) is 0 Å². The molecule has 24 heavy (non-hydrogen) atoms. The smallest absolute Gasteiger partial charge is 0.316 e. The lowest BCUT2D eigenvalue weighted by molar-refractivity contribution is 0.141. The molecule has 0 saturated carbocycles. The van der Waals surface area contributed by atoms with Crippen molar-refractivity contribution >= 4 is 44.4 Å². The Morgan fingerprint density at radius 3 is 2.79 bits per heavy atom. The van der Waals surface area contributed by atoms with Gasteiger partial charge in [-0.3, -0.25) is 0 Å². The van der Waals surface area contributed by atoms with Crippen molar-refractivity contribution in [3.8, 4) is 0 Å². The molecule has 0 aromatic carbocycles. The Balaban J connectivity index is 1.77. The van der Waals surface area contributed by atoms with E-state index in [0.717, 1.165) is 24.2 Å². The van der Waals surface area contributed by atoms with Gasteiger partial charge in [-0.15, -0.1) is 22.7 Å². The second-order valence-corrected chi connectivity index (χ2v) is 9.67. The number of hydrogen-bond donors (Lipinski definition) is 2. The Labute approximate surface area is 149 Å². The molecule has 2 aromatic heterocycles. The zero-order chi connectivity index (χ0) is 17.3. The molecule has 3 N–H and O–H groups in total. The van der Waals surface area contributed by atoms with Gasteiger partial charge in [-0.1, -0.05) is 13.0 Å². The Morgan fingerprint density at radius 1 is 1.38 bits per heavy atom. The highest BCUT2D eigenvalue weighted by Crippen LogP contribution is 2.36. The highest BCUT2D eigenvalue weighted by molar-refractivity contribution is 7.91. The number of urea groups is 1. The summed E-state index contributed by atoms with van der Waals surface area (Å²) in [6.07, 6.45) is 2.02. The fraction of sp³-hybridized carbons (Fsp3) is 0.400. The molecule has 2 unspecified atom stereocenters. The molecular weight excluding hydrogens is 366 g/mol. The predicted molar refractivity (Wildman–Crippen MR) is 96.9 cm³/mol. The van der Waals surface area contributed by atoms with Gasteiger partial charge in [0.1, 0.15) is 4.21 Å². The zero-order valence-corrected chi connectivity index (χ0v) is 15.6. The SMILES string of the molecule is CC1CCC(c2cccs2)N(C(=O)Nc2csc(S(N)(=O)=O)c2)C1. The molecule has 1 saturated heterocycles. The number of sulfonamides is 1. The number of nitrogens with one attached hydrogen (secondary N) is 1. The molecule has 0 bridgehead atoms. The van der Waals surface area contributed by atoms with E-state index in [1.54, 1.807) is 16.7 Å². The maximum atomic E-state index is 12.7. The molecule has 1 fully saturated rings. The molecule has 0 spiro atoms. The second kappa shape index (κ2) is 6.83. The van der Waals surface area contributed by atoms with E-state index < -0.39 is 10.0 Å². The van der Waals surface area contributed by atoms with Gasteiger partial charge in [-0.05, 0) is 36.3 Å². The fourth-order valence-electron chi connectivity index (χ4n) is 2.88. The second-order valence-electron chi connectivity index (χ2n) is 6.00. The van der Waals surface area contributed by atoms with Crippen molar-refractivity contribution in [2.45, 2.75) is 30.0 Å². The summed E-state index contributed by atoms with van der Waals surface area (Å²) in [4.78, 5) is 15.7. The number of hydrogen-bond acceptors (Lipinski definition) is 5. The molecule has 3 rings (SSSR count). The van der Waals surface area contributed by atoms with Crippen LogP contribution >= 0.6 is 22.7 Å². The van der Waals surface area contributed by atoms with Gasteiger partial charge in [-0.25, -0.2) is 18.4 Å². The van der Waals surface area contributed by atoms with E-state index in [1.165, 1.54) is 10.9 Å². The van der Waals surface area contributed by atoms with Crippen molar-refractivity contribution < 1.29 is 13.2 Å². The quantitative estimate of drug-likeness (QED) is 0.847. The van der Waals surface area contributed by atoms with Crippen molar-refractivity contribution in [3.63, 3.8) is 0 Å². The Bertz CT molecular complexity index is 814. The molecular formula is C15H19N3O3S3. The summed E-state index contributed by atoms with van der Waals surface area (Å²) in [5.74, 6) is 0.439. The van der Waals surface area contributed by atoms with Crippen LogP contribution in [0.5, 0.6) is 0 Å². The standard InChI is InChI=1S/C15H19N3O3S3/c1-10-4-5-12(13-3-2-6-22-13)18(8-10)15(19)17-11-7-14(23-9-11)24(16,20)21/h2-3,6-7,9-10,12H,4-5,8H2,1H3,(H,17,19)(H2,16,20,21). The number of amides is 2. The van der Waals surface area contributed by atoms with Gasteiger partial charge in [0, 0.05) is 16.8 Å². The van der Waals surface area contributed by atoms with Crippen LogP contribution in [0.2, 0.25) is 0 Å². The van der Waals surface area contributed by atoms with E-state index in [2.05, 4.69) is 18.3 Å². The van der Waals surface area contributed by atoms with Crippen LogP contribution in [0.25, 0.3) is 0 Å². The number of carbonyl (C=O) groups excluding carboxylic acids is 1. The number of carbonyl (C=O) groups is 1. The summed E-state index contributed by atoms with van der Waals surface area (Å²) in [5.41, 5.74) is 0.456. The van der Waals surface area contributed by atoms with Crippen molar-refractivity contribution in [2.24, 2.45) is 11.1 Å². The number of rotatable bonds is 3. The largest absolute Gasteiger partial charge is 0.322 e. The minimum Gasteiger partial charge on any atom is -0.316 e. The molecule has 0 radical (unpaired) electrons. The average molecular weight is 386 g/mol. The van der Waals surface area contributed by atoms with Crippen LogP contribution in [-0.2, 0) is 10.0 Å². The first-order valence-electron chi connectivity index (χ1n) is 7.57. The van der Waals surface area contributed by atoms with Gasteiger partial charge >= 0.3 is 6.03 Å². The van der Waals surface area contributed by atoms with Crippen LogP contribution in [0.1, 0.15) is 30.7 Å². The molecule has 0 aliphatic carbocycles. The highest BCUT2D eigenvalue weighted by atomic mass is 32.2. The minimum atomic E-state index is -3.74. The summed E-state index contributed by atoms with van der Waals surface area (Å²) < 4.78 is 22.7. The van der Waals surface area contributed by atoms with Crippen LogP contribution in [0, 0.1) is 5.92 Å². The van der Waals surface area contributed by atoms with E-state index in [0.29, 0.717) is 18.2 Å². The normalized spacial score (nSPS) is 21.7. The summed E-state index contributed by atoms with van der Waals surface area (Å²) >= 11 is 2.65. The molecule has 9 heteroatoms. The topological polar surface area (TPSA) is 92.5 Å². The molecule has 130 valence electrons. The minimum absolute atomic E-state index is 0.0413. The third-order valence-corrected chi connectivity index (χ3v) is 7.42. The van der Waals surface area contributed by atoms with E-state index in [9.17, 15) is 13.2 Å². The first-order chi connectivity index (χ1) is 11.3. The Kier molecular flexibility index (Phi) is 4.95. The Hall–Kier alpha value is -1.42. The first kappa shape index (κ1) is 17.4. The average Bonchev–Trinajstić information content (AvgIpc) is 3.17. The predicted octanol–water partition coefficient (Wildman–Crippen LogP) is 3.46. The molecule has 1 aliphatic heterocycles. The number of anilines is 1. The monoisotopic (exact) mass is 385 g/mol. The van der Waals surface area contributed by atoms with E-state index in [4.69, 9.17) is 5.14 Å². The number of nitrogens with zero attached hydrogens (tertiary/aromatic N) is 1. The van der Waals surface area contributed by atoms with Gasteiger partial charge in [0.15, 0.2) is 0 Å². The lowest BCUT2D eigenvalue weighted by Gasteiger charge is -2.38. The zero-order valence-electron chi connectivity index (χ0n) is 13.1. The third kappa shape index (κ3) is 3.80. The van der Waals surface area contributed by atoms with Gasteiger partial charge < -0.3 is 10.2 Å². The van der Waals surface area contributed by atoms with Crippen molar-refractivity contribution in [2.75, 3.05) is 11.9 Å². The van der Waals surface area contributed by atoms with E-state index in [1.807, 2.05) is 16.3 Å². The number of thiophene rings is 2. The lowest BCUT2D eigenvalue weighted by Crippen LogP contribution is -2.43. The molecule has 3 heterocycles. The van der Waals surface area contributed by atoms with Gasteiger partial charge in [0.05, 0.1) is 11.7 Å². The first-order valence-corrected chi connectivity index (χ1v) is 10.9. The number of likely N-dealkylation sites (tertiary alicyclic amines) is 1. The van der Waals surface area contributed by atoms with Crippen molar-refractivity contribution in [1.82, 2.24) is 4.90 Å². The summed E-state index contributed by atoms with van der Waals surface area (Å²) in [5, 5.41) is 11.5. The van der Waals surface area contributed by atoms with E-state index >= 15 is 0 Å². The van der Waals surface area contributed by atoms with Gasteiger partial charge in [-0.2, -0.15) is 0 Å². The highest BCUT2D eigenvalue weighted by Gasteiger charge is 2.31.